The summed E-state index contributed by atoms with van der Waals surface area (Å²) in [6.45, 7) is 7.68. The number of nitrogens with one attached hydrogen (secondary N) is 2. The van der Waals surface area contributed by atoms with E-state index in [2.05, 4.69) is 34.0 Å². The lowest BCUT2D eigenvalue weighted by molar-refractivity contribution is 0.472. The molecule has 0 aliphatic carbocycles. The van der Waals surface area contributed by atoms with Crippen LogP contribution in [0.3, 0.4) is 0 Å². The van der Waals surface area contributed by atoms with Gasteiger partial charge in [-0.05, 0) is 19.3 Å². The highest BCUT2D eigenvalue weighted by Gasteiger charge is 2.15. The molecule has 8 nitrogen and oxygen atoms in total. The largest absolute Gasteiger partial charge is 0.356 e. The van der Waals surface area contributed by atoms with Crippen LogP contribution in [0.5, 0.6) is 0 Å². The van der Waals surface area contributed by atoms with Gasteiger partial charge >= 0.3 is 0 Å². The Morgan fingerprint density at radius 1 is 1.40 bits per heavy atom. The van der Waals surface area contributed by atoms with Crippen LogP contribution in [0, 0.1) is 0 Å². The van der Waals surface area contributed by atoms with Crippen LogP contribution in [0.1, 0.15) is 44.4 Å². The topological polar surface area (TPSA) is 91.6 Å². The molecule has 0 saturated carbocycles. The average Bonchev–Trinajstić information content (AvgIpc) is 2.91. The van der Waals surface area contributed by atoms with Gasteiger partial charge in [0, 0.05) is 52.5 Å². The lowest BCUT2D eigenvalue weighted by atomic mass is 10.1. The van der Waals surface area contributed by atoms with Gasteiger partial charge in [-0.1, -0.05) is 13.8 Å². The van der Waals surface area contributed by atoms with E-state index in [0.29, 0.717) is 32.0 Å². The summed E-state index contributed by atoms with van der Waals surface area (Å²) >= 11 is 0. The minimum absolute atomic E-state index is 0.105. The molecule has 0 amide bonds. The molecular weight excluding hydrogens is 340 g/mol. The Kier molecular flexibility index (Phi) is 8.37. The van der Waals surface area contributed by atoms with Crippen LogP contribution in [0.4, 0.5) is 0 Å². The van der Waals surface area contributed by atoms with E-state index in [1.165, 1.54) is 5.56 Å². The first-order valence-corrected chi connectivity index (χ1v) is 10.3. The van der Waals surface area contributed by atoms with E-state index in [1.807, 2.05) is 29.9 Å². The van der Waals surface area contributed by atoms with Gasteiger partial charge in [0.2, 0.25) is 10.0 Å². The maximum atomic E-state index is 11.4. The Balaban J connectivity index is 2.52. The molecule has 9 heteroatoms. The zero-order valence-corrected chi connectivity index (χ0v) is 17.0. The van der Waals surface area contributed by atoms with Gasteiger partial charge in [-0.25, -0.2) is 13.1 Å². The molecule has 1 heterocycles. The van der Waals surface area contributed by atoms with Crippen LogP contribution in [-0.4, -0.2) is 62.0 Å². The normalized spacial score (nSPS) is 12.7. The highest BCUT2D eigenvalue weighted by molar-refractivity contribution is 7.89. The average molecular weight is 373 g/mol. The molecule has 144 valence electrons. The van der Waals surface area contributed by atoms with Crippen molar-refractivity contribution < 1.29 is 8.42 Å². The minimum Gasteiger partial charge on any atom is -0.356 e. The molecule has 0 spiro atoms. The molecule has 2 N–H and O–H groups in total. The van der Waals surface area contributed by atoms with Crippen LogP contribution >= 0.6 is 0 Å². The molecule has 0 atom stereocenters. The molecule has 0 bridgehead atoms. The fraction of sp³-hybridized carbons (Fsp3) is 0.750. The maximum Gasteiger partial charge on any atom is 0.211 e. The van der Waals surface area contributed by atoms with Crippen LogP contribution < -0.4 is 10.0 Å². The summed E-state index contributed by atoms with van der Waals surface area (Å²) in [4.78, 5) is 6.33. The second-order valence-corrected chi connectivity index (χ2v) is 8.44. The number of hydrogen-bond acceptors (Lipinski definition) is 4. The van der Waals surface area contributed by atoms with Crippen molar-refractivity contribution in [1.82, 2.24) is 24.7 Å². The highest BCUT2D eigenvalue weighted by Crippen LogP contribution is 2.18. The fourth-order valence-electron chi connectivity index (χ4n) is 2.50. The molecule has 0 fully saturated rings. The van der Waals surface area contributed by atoms with Crippen molar-refractivity contribution in [1.29, 1.82) is 0 Å². The van der Waals surface area contributed by atoms with Crippen LogP contribution in [0.2, 0.25) is 0 Å². The number of aromatic nitrogens is 2. The van der Waals surface area contributed by atoms with E-state index in [4.69, 9.17) is 0 Å². The van der Waals surface area contributed by atoms with E-state index in [1.54, 1.807) is 14.0 Å². The lowest BCUT2D eigenvalue weighted by Gasteiger charge is -2.22. The molecule has 0 saturated heterocycles. The zero-order valence-electron chi connectivity index (χ0n) is 16.2. The summed E-state index contributed by atoms with van der Waals surface area (Å²) in [5.41, 5.74) is 2.28. The quantitative estimate of drug-likeness (QED) is 0.381. The number of nitrogens with zero attached hydrogens (tertiary/aromatic N) is 4. The summed E-state index contributed by atoms with van der Waals surface area (Å²) < 4.78 is 27.2. The molecule has 0 radical (unpaired) electrons. The van der Waals surface area contributed by atoms with Crippen molar-refractivity contribution in [2.45, 2.75) is 39.7 Å². The first-order valence-electron chi connectivity index (χ1n) is 8.61. The third-order valence-corrected chi connectivity index (χ3v) is 5.21. The summed E-state index contributed by atoms with van der Waals surface area (Å²) in [6.07, 6.45) is 2.73. The van der Waals surface area contributed by atoms with Crippen molar-refractivity contribution in [2.75, 3.05) is 32.9 Å². The van der Waals surface area contributed by atoms with Crippen LogP contribution in [-0.2, 0) is 23.6 Å². The molecule has 0 aliphatic rings. The summed E-state index contributed by atoms with van der Waals surface area (Å²) in [5.74, 6) is 1.25. The first-order chi connectivity index (χ1) is 11.7. The second kappa shape index (κ2) is 9.76. The standard InChI is InChI=1S/C16H32N6O2S/c1-7-25(23,24)19-10-8-9-18-16(17-4)21(5)11-14-12-22(6)20-15(14)13(2)3/h12-13,19H,7-11H2,1-6H3,(H,17,18). The smallest absolute Gasteiger partial charge is 0.211 e. The maximum absolute atomic E-state index is 11.4. The lowest BCUT2D eigenvalue weighted by Crippen LogP contribution is -2.39. The third-order valence-electron chi connectivity index (χ3n) is 3.80. The second-order valence-electron chi connectivity index (χ2n) is 6.35. The van der Waals surface area contributed by atoms with Crippen LogP contribution in [0.15, 0.2) is 11.2 Å². The van der Waals surface area contributed by atoms with Crippen molar-refractivity contribution in [3.63, 3.8) is 0 Å². The summed E-state index contributed by atoms with van der Waals surface area (Å²) in [7, 11) is 2.53. The number of guanidine groups is 1. The Labute approximate surface area is 151 Å². The number of aliphatic imine (C=N–C) groups is 1. The SMILES string of the molecule is CCS(=O)(=O)NCCCNC(=NC)N(C)Cc1cn(C)nc1C(C)C. The van der Waals surface area contributed by atoms with Gasteiger partial charge in [0.25, 0.3) is 0 Å². The van der Waals surface area contributed by atoms with Crippen molar-refractivity contribution in [2.24, 2.45) is 12.0 Å². The Hall–Kier alpha value is -1.61. The third kappa shape index (κ3) is 7.03. The van der Waals surface area contributed by atoms with E-state index >= 15 is 0 Å². The molecular formula is C16H32N6O2S. The molecule has 1 rings (SSSR count). The Morgan fingerprint density at radius 3 is 2.64 bits per heavy atom. The molecule has 0 aromatic carbocycles. The monoisotopic (exact) mass is 372 g/mol. The van der Waals surface area contributed by atoms with Gasteiger partial charge in [0.1, 0.15) is 0 Å². The zero-order chi connectivity index (χ0) is 19.0. The summed E-state index contributed by atoms with van der Waals surface area (Å²) in [5, 5.41) is 7.79. The summed E-state index contributed by atoms with van der Waals surface area (Å²) in [6, 6.07) is 0. The fourth-order valence-corrected chi connectivity index (χ4v) is 3.16. The Bertz CT molecular complexity index is 666. The van der Waals surface area contributed by atoms with Gasteiger partial charge in [-0.2, -0.15) is 5.10 Å². The number of aryl methyl sites for hydroxylation is 1. The van der Waals surface area contributed by atoms with Gasteiger partial charge in [-0.15, -0.1) is 0 Å². The predicted molar refractivity (Wildman–Crippen MR) is 102 cm³/mol. The highest BCUT2D eigenvalue weighted by atomic mass is 32.2. The number of sulfonamides is 1. The predicted octanol–water partition coefficient (Wildman–Crippen LogP) is 0.880. The van der Waals surface area contributed by atoms with Gasteiger partial charge in [-0.3, -0.25) is 9.67 Å². The van der Waals surface area contributed by atoms with Crippen LogP contribution in [0.25, 0.3) is 0 Å². The van der Waals surface area contributed by atoms with Gasteiger partial charge in [0.15, 0.2) is 5.96 Å². The Morgan fingerprint density at radius 2 is 2.08 bits per heavy atom. The number of rotatable bonds is 9. The van der Waals surface area contributed by atoms with Gasteiger partial charge in [0.05, 0.1) is 11.4 Å². The first kappa shape index (κ1) is 21.4. The molecule has 0 aliphatic heterocycles. The van der Waals surface area contributed by atoms with E-state index in [9.17, 15) is 8.42 Å². The van der Waals surface area contributed by atoms with Crippen molar-refractivity contribution in [3.8, 4) is 0 Å². The van der Waals surface area contributed by atoms with E-state index in [-0.39, 0.29) is 5.75 Å². The molecule has 0 unspecified atom stereocenters. The minimum atomic E-state index is -3.12. The van der Waals surface area contributed by atoms with Crippen molar-refractivity contribution in [3.05, 3.63) is 17.5 Å². The molecule has 1 aromatic heterocycles. The number of hydrogen-bond donors (Lipinski definition) is 2. The van der Waals surface area contributed by atoms with Crippen molar-refractivity contribution >= 4 is 16.0 Å². The van der Waals surface area contributed by atoms with E-state index in [0.717, 1.165) is 11.7 Å². The van der Waals surface area contributed by atoms with Gasteiger partial charge < -0.3 is 10.2 Å². The molecule has 25 heavy (non-hydrogen) atoms. The molecule has 1 aromatic rings. The van der Waals surface area contributed by atoms with E-state index < -0.39 is 10.0 Å².